The summed E-state index contributed by atoms with van der Waals surface area (Å²) in [6.45, 7) is 5.17. The SMILES string of the molecule is CCCCC(CC)COc1ccnc(C(N)=S)c1. The molecule has 0 aliphatic rings. The van der Waals surface area contributed by atoms with Crippen LogP contribution >= 0.6 is 12.2 Å². The fourth-order valence-electron chi connectivity index (χ4n) is 1.75. The molecule has 1 heterocycles. The van der Waals surface area contributed by atoms with Crippen molar-refractivity contribution in [3.63, 3.8) is 0 Å². The molecule has 4 heteroatoms. The Hall–Kier alpha value is -1.16. The zero-order chi connectivity index (χ0) is 13.4. The molecule has 1 aromatic rings. The minimum atomic E-state index is 0.304. The van der Waals surface area contributed by atoms with Crippen LogP contribution in [0.1, 0.15) is 45.2 Å². The molecular weight excluding hydrogens is 244 g/mol. The van der Waals surface area contributed by atoms with Crippen LogP contribution in [0.3, 0.4) is 0 Å². The number of thiocarbonyl (C=S) groups is 1. The van der Waals surface area contributed by atoms with Gasteiger partial charge in [0.25, 0.3) is 0 Å². The van der Waals surface area contributed by atoms with Gasteiger partial charge in [0.15, 0.2) is 0 Å². The van der Waals surface area contributed by atoms with E-state index < -0.39 is 0 Å². The molecule has 0 saturated carbocycles. The summed E-state index contributed by atoms with van der Waals surface area (Å²) < 4.78 is 5.79. The van der Waals surface area contributed by atoms with Gasteiger partial charge in [-0.1, -0.05) is 45.3 Å². The Labute approximate surface area is 115 Å². The van der Waals surface area contributed by atoms with Crippen molar-refractivity contribution in [2.45, 2.75) is 39.5 Å². The van der Waals surface area contributed by atoms with Crippen molar-refractivity contribution in [2.24, 2.45) is 11.7 Å². The molecule has 0 bridgehead atoms. The highest BCUT2D eigenvalue weighted by molar-refractivity contribution is 7.80. The second-order valence-corrected chi connectivity index (χ2v) is 4.91. The predicted molar refractivity (Wildman–Crippen MR) is 78.9 cm³/mol. The molecule has 0 radical (unpaired) electrons. The number of nitrogens with zero attached hydrogens (tertiary/aromatic N) is 1. The fourth-order valence-corrected chi connectivity index (χ4v) is 1.86. The third-order valence-corrected chi connectivity index (χ3v) is 3.22. The van der Waals surface area contributed by atoms with E-state index in [4.69, 9.17) is 22.7 Å². The summed E-state index contributed by atoms with van der Waals surface area (Å²) in [5.74, 6) is 1.41. The van der Waals surface area contributed by atoms with Gasteiger partial charge < -0.3 is 10.5 Å². The third-order valence-electron chi connectivity index (χ3n) is 3.01. The summed E-state index contributed by atoms with van der Waals surface area (Å²) in [5.41, 5.74) is 6.16. The predicted octanol–water partition coefficient (Wildman–Crippen LogP) is 3.31. The van der Waals surface area contributed by atoms with Gasteiger partial charge in [-0.3, -0.25) is 4.98 Å². The average molecular weight is 266 g/mol. The van der Waals surface area contributed by atoms with Crippen LogP contribution in [0.5, 0.6) is 5.75 Å². The average Bonchev–Trinajstić information content (AvgIpc) is 2.39. The first-order chi connectivity index (χ1) is 8.67. The smallest absolute Gasteiger partial charge is 0.123 e. The highest BCUT2D eigenvalue weighted by atomic mass is 32.1. The number of pyridine rings is 1. The first-order valence-corrected chi connectivity index (χ1v) is 6.96. The van der Waals surface area contributed by atoms with E-state index in [-0.39, 0.29) is 0 Å². The van der Waals surface area contributed by atoms with E-state index >= 15 is 0 Å². The molecule has 18 heavy (non-hydrogen) atoms. The Balaban J connectivity index is 2.51. The first-order valence-electron chi connectivity index (χ1n) is 6.56. The summed E-state index contributed by atoms with van der Waals surface area (Å²) in [6, 6.07) is 3.64. The standard InChI is InChI=1S/C14H22N2OS/c1-3-5-6-11(4-2)10-17-12-7-8-16-13(9-12)14(15)18/h7-9,11H,3-6,10H2,1-2H3,(H2,15,18). The molecule has 1 rings (SSSR count). The Morgan fingerprint density at radius 2 is 2.28 bits per heavy atom. The molecule has 100 valence electrons. The summed E-state index contributed by atoms with van der Waals surface area (Å²) in [6.07, 6.45) is 6.54. The maximum Gasteiger partial charge on any atom is 0.123 e. The van der Waals surface area contributed by atoms with E-state index in [1.165, 1.54) is 19.3 Å². The van der Waals surface area contributed by atoms with Crippen LogP contribution in [0.2, 0.25) is 0 Å². The second kappa shape index (κ2) is 8.03. The molecule has 1 unspecified atom stereocenters. The van der Waals surface area contributed by atoms with Crippen LogP contribution < -0.4 is 10.5 Å². The molecule has 2 N–H and O–H groups in total. The third kappa shape index (κ3) is 5.00. The van der Waals surface area contributed by atoms with Gasteiger partial charge in [0.1, 0.15) is 16.4 Å². The number of aromatic nitrogens is 1. The van der Waals surface area contributed by atoms with E-state index in [1.807, 2.05) is 6.07 Å². The van der Waals surface area contributed by atoms with E-state index in [2.05, 4.69) is 18.8 Å². The normalized spacial score (nSPS) is 12.1. The summed E-state index contributed by atoms with van der Waals surface area (Å²) in [4.78, 5) is 4.39. The highest BCUT2D eigenvalue weighted by Crippen LogP contribution is 2.16. The van der Waals surface area contributed by atoms with Crippen molar-refractivity contribution in [2.75, 3.05) is 6.61 Å². The van der Waals surface area contributed by atoms with E-state index in [1.54, 1.807) is 12.3 Å². The molecule has 0 spiro atoms. The van der Waals surface area contributed by atoms with Crippen LogP contribution in [0.15, 0.2) is 18.3 Å². The maximum absolute atomic E-state index is 5.79. The van der Waals surface area contributed by atoms with Crippen molar-refractivity contribution in [3.05, 3.63) is 24.0 Å². The van der Waals surface area contributed by atoms with Gasteiger partial charge >= 0.3 is 0 Å². The largest absolute Gasteiger partial charge is 0.493 e. The number of rotatable bonds is 8. The highest BCUT2D eigenvalue weighted by Gasteiger charge is 2.07. The molecule has 0 aromatic carbocycles. The van der Waals surface area contributed by atoms with Crippen LogP contribution in [-0.4, -0.2) is 16.6 Å². The molecule has 1 aromatic heterocycles. The minimum Gasteiger partial charge on any atom is -0.493 e. The van der Waals surface area contributed by atoms with Gasteiger partial charge in [-0.2, -0.15) is 0 Å². The van der Waals surface area contributed by atoms with Gasteiger partial charge in [-0.25, -0.2) is 0 Å². The van der Waals surface area contributed by atoms with Crippen molar-refractivity contribution in [3.8, 4) is 5.75 Å². The maximum atomic E-state index is 5.79. The van der Waals surface area contributed by atoms with Crippen LogP contribution in [0.4, 0.5) is 0 Å². The van der Waals surface area contributed by atoms with Crippen molar-refractivity contribution in [1.82, 2.24) is 4.98 Å². The quantitative estimate of drug-likeness (QED) is 0.733. The van der Waals surface area contributed by atoms with Gasteiger partial charge in [-0.05, 0) is 18.4 Å². The van der Waals surface area contributed by atoms with E-state index in [0.717, 1.165) is 18.8 Å². The lowest BCUT2D eigenvalue weighted by Crippen LogP contribution is -2.13. The topological polar surface area (TPSA) is 48.1 Å². The Morgan fingerprint density at radius 3 is 2.89 bits per heavy atom. The lowest BCUT2D eigenvalue weighted by Gasteiger charge is -2.15. The molecule has 0 aliphatic carbocycles. The molecular formula is C14H22N2OS. The zero-order valence-corrected chi connectivity index (χ0v) is 12.0. The van der Waals surface area contributed by atoms with Crippen LogP contribution in [-0.2, 0) is 0 Å². The van der Waals surface area contributed by atoms with E-state index in [9.17, 15) is 0 Å². The molecule has 0 fully saturated rings. The molecule has 0 saturated heterocycles. The van der Waals surface area contributed by atoms with Gasteiger partial charge in [0, 0.05) is 12.3 Å². The molecule has 0 aliphatic heterocycles. The van der Waals surface area contributed by atoms with Crippen LogP contribution in [0.25, 0.3) is 0 Å². The van der Waals surface area contributed by atoms with E-state index in [0.29, 0.717) is 16.6 Å². The monoisotopic (exact) mass is 266 g/mol. The Morgan fingerprint density at radius 1 is 1.50 bits per heavy atom. The molecule has 1 atom stereocenters. The lowest BCUT2D eigenvalue weighted by atomic mass is 10.0. The van der Waals surface area contributed by atoms with Gasteiger partial charge in [-0.15, -0.1) is 0 Å². The summed E-state index contributed by atoms with van der Waals surface area (Å²) in [5, 5.41) is 0. The van der Waals surface area contributed by atoms with Gasteiger partial charge in [0.05, 0.1) is 6.61 Å². The molecule has 3 nitrogen and oxygen atoms in total. The summed E-state index contributed by atoms with van der Waals surface area (Å²) in [7, 11) is 0. The fraction of sp³-hybridized carbons (Fsp3) is 0.571. The number of ether oxygens (including phenoxy) is 1. The first kappa shape index (κ1) is 14.9. The minimum absolute atomic E-state index is 0.304. The Kier molecular flexibility index (Phi) is 6.65. The Bertz CT molecular complexity index is 382. The number of hydrogen-bond acceptors (Lipinski definition) is 3. The number of unbranched alkanes of at least 4 members (excludes halogenated alkanes) is 1. The molecule has 0 amide bonds. The number of hydrogen-bond donors (Lipinski definition) is 1. The second-order valence-electron chi connectivity index (χ2n) is 4.47. The van der Waals surface area contributed by atoms with Crippen molar-refractivity contribution >= 4 is 17.2 Å². The zero-order valence-electron chi connectivity index (χ0n) is 11.2. The van der Waals surface area contributed by atoms with Gasteiger partial charge in [0.2, 0.25) is 0 Å². The summed E-state index contributed by atoms with van der Waals surface area (Å²) >= 11 is 4.90. The lowest BCUT2D eigenvalue weighted by molar-refractivity contribution is 0.233. The van der Waals surface area contributed by atoms with Crippen molar-refractivity contribution in [1.29, 1.82) is 0 Å². The van der Waals surface area contributed by atoms with Crippen molar-refractivity contribution < 1.29 is 4.74 Å². The van der Waals surface area contributed by atoms with Crippen LogP contribution in [0, 0.1) is 5.92 Å². The number of nitrogens with two attached hydrogens (primary N) is 1.